The molecule has 1 amide bonds. The highest BCUT2D eigenvalue weighted by atomic mass is 16.1. The molecule has 64 valence electrons. The van der Waals surface area contributed by atoms with Crippen LogP contribution in [0.25, 0.3) is 0 Å². The molecule has 3 nitrogen and oxygen atoms in total. The van der Waals surface area contributed by atoms with Crippen LogP contribution in [0.5, 0.6) is 0 Å². The Bertz CT molecular complexity index is 136. The molecule has 1 atom stereocenters. The molecule has 1 aliphatic rings. The van der Waals surface area contributed by atoms with Crippen LogP contribution in [-0.4, -0.2) is 19.0 Å². The second-order valence-electron chi connectivity index (χ2n) is 3.12. The minimum absolute atomic E-state index is 0.199. The van der Waals surface area contributed by atoms with Gasteiger partial charge in [-0.15, -0.1) is 0 Å². The van der Waals surface area contributed by atoms with E-state index in [2.05, 4.69) is 5.32 Å². The number of hydrogen-bond donors (Lipinski definition) is 2. The van der Waals surface area contributed by atoms with Crippen LogP contribution in [-0.2, 0) is 4.79 Å². The summed E-state index contributed by atoms with van der Waals surface area (Å²) in [7, 11) is 0. The third kappa shape index (κ3) is 2.89. The van der Waals surface area contributed by atoms with Gasteiger partial charge in [0.2, 0.25) is 5.91 Å². The van der Waals surface area contributed by atoms with Gasteiger partial charge in [-0.3, -0.25) is 4.79 Å². The van der Waals surface area contributed by atoms with Gasteiger partial charge in [0.1, 0.15) is 0 Å². The van der Waals surface area contributed by atoms with Crippen LogP contribution >= 0.6 is 0 Å². The van der Waals surface area contributed by atoms with Crippen LogP contribution in [0.4, 0.5) is 0 Å². The smallest absolute Gasteiger partial charge is 0.220 e. The highest BCUT2D eigenvalue weighted by Gasteiger charge is 2.14. The van der Waals surface area contributed by atoms with Crippen LogP contribution < -0.4 is 11.1 Å². The van der Waals surface area contributed by atoms with Gasteiger partial charge in [0, 0.05) is 13.0 Å². The fraction of sp³-hybridized carbons (Fsp3) is 0.875. The number of carbonyl (C=O) groups is 1. The van der Waals surface area contributed by atoms with Gasteiger partial charge in [0.05, 0.1) is 0 Å². The predicted octanol–water partition coefficient (Wildman–Crippen LogP) is 0.251. The largest absolute Gasteiger partial charge is 0.356 e. The topological polar surface area (TPSA) is 55.1 Å². The number of carbonyl (C=O) groups excluding carboxylic acids is 1. The molecule has 0 aliphatic carbocycles. The Hall–Kier alpha value is -0.570. The Kier molecular flexibility index (Phi) is 3.36. The summed E-state index contributed by atoms with van der Waals surface area (Å²) in [6.45, 7) is 1.59. The first-order valence-corrected chi connectivity index (χ1v) is 4.29. The third-order valence-corrected chi connectivity index (χ3v) is 2.23. The molecular weight excluding hydrogens is 140 g/mol. The first kappa shape index (κ1) is 8.53. The molecule has 1 saturated heterocycles. The third-order valence-electron chi connectivity index (χ3n) is 2.23. The lowest BCUT2D eigenvalue weighted by molar-refractivity contribution is -0.120. The van der Waals surface area contributed by atoms with Crippen LogP contribution in [0.15, 0.2) is 0 Å². The highest BCUT2D eigenvalue weighted by Crippen LogP contribution is 2.16. The molecule has 0 aromatic rings. The molecule has 0 aromatic carbocycles. The summed E-state index contributed by atoms with van der Waals surface area (Å²) in [5, 5.41) is 2.85. The summed E-state index contributed by atoms with van der Waals surface area (Å²) in [6.07, 6.45) is 3.87. The van der Waals surface area contributed by atoms with Crippen molar-refractivity contribution in [3.63, 3.8) is 0 Å². The Balaban J connectivity index is 2.28. The fourth-order valence-electron chi connectivity index (χ4n) is 1.51. The molecule has 0 saturated carbocycles. The van der Waals surface area contributed by atoms with Gasteiger partial charge in [-0.1, -0.05) is 0 Å². The average molecular weight is 156 g/mol. The zero-order chi connectivity index (χ0) is 8.10. The summed E-state index contributed by atoms with van der Waals surface area (Å²) < 4.78 is 0. The lowest BCUT2D eigenvalue weighted by Crippen LogP contribution is -2.21. The van der Waals surface area contributed by atoms with Gasteiger partial charge >= 0.3 is 0 Å². The molecule has 1 fully saturated rings. The normalized spacial score (nSPS) is 25.9. The molecule has 0 bridgehead atoms. The molecule has 1 rings (SSSR count). The lowest BCUT2D eigenvalue weighted by atomic mass is 9.97. The van der Waals surface area contributed by atoms with Crippen molar-refractivity contribution in [2.24, 2.45) is 11.7 Å². The number of amides is 1. The van der Waals surface area contributed by atoms with Gasteiger partial charge in [0.15, 0.2) is 0 Å². The van der Waals surface area contributed by atoms with Crippen molar-refractivity contribution in [1.29, 1.82) is 0 Å². The first-order chi connectivity index (χ1) is 5.33. The van der Waals surface area contributed by atoms with E-state index in [9.17, 15) is 4.79 Å². The van der Waals surface area contributed by atoms with E-state index in [0.29, 0.717) is 12.3 Å². The molecule has 1 unspecified atom stereocenters. The van der Waals surface area contributed by atoms with Gasteiger partial charge in [0.25, 0.3) is 0 Å². The van der Waals surface area contributed by atoms with Crippen LogP contribution in [0, 0.1) is 5.92 Å². The van der Waals surface area contributed by atoms with Crippen LogP contribution in [0.3, 0.4) is 0 Å². The van der Waals surface area contributed by atoms with Gasteiger partial charge < -0.3 is 11.1 Å². The van der Waals surface area contributed by atoms with E-state index in [1.165, 1.54) is 0 Å². The lowest BCUT2D eigenvalue weighted by Gasteiger charge is -2.09. The SMILES string of the molecule is NCCC1CCNC(=O)CC1. The summed E-state index contributed by atoms with van der Waals surface area (Å²) >= 11 is 0. The Morgan fingerprint density at radius 3 is 3.09 bits per heavy atom. The summed E-state index contributed by atoms with van der Waals surface area (Å²) in [5.41, 5.74) is 5.44. The molecule has 0 spiro atoms. The van der Waals surface area contributed by atoms with Crippen molar-refractivity contribution in [3.05, 3.63) is 0 Å². The Morgan fingerprint density at radius 1 is 1.55 bits per heavy atom. The van der Waals surface area contributed by atoms with Crippen molar-refractivity contribution in [2.75, 3.05) is 13.1 Å². The quantitative estimate of drug-likeness (QED) is 0.602. The van der Waals surface area contributed by atoms with Crippen molar-refractivity contribution < 1.29 is 4.79 Å². The van der Waals surface area contributed by atoms with Gasteiger partial charge in [-0.25, -0.2) is 0 Å². The number of hydrogen-bond acceptors (Lipinski definition) is 2. The molecule has 3 N–H and O–H groups in total. The average Bonchev–Trinajstić information content (AvgIpc) is 2.17. The van der Waals surface area contributed by atoms with E-state index in [-0.39, 0.29) is 5.91 Å². The van der Waals surface area contributed by atoms with E-state index >= 15 is 0 Å². The fourth-order valence-corrected chi connectivity index (χ4v) is 1.51. The number of nitrogens with two attached hydrogens (primary N) is 1. The van der Waals surface area contributed by atoms with E-state index in [4.69, 9.17) is 5.73 Å². The van der Waals surface area contributed by atoms with Crippen molar-refractivity contribution in [3.8, 4) is 0 Å². The first-order valence-electron chi connectivity index (χ1n) is 4.29. The second-order valence-corrected chi connectivity index (χ2v) is 3.12. The maximum absolute atomic E-state index is 10.9. The van der Waals surface area contributed by atoms with Crippen LogP contribution in [0.1, 0.15) is 25.7 Å². The van der Waals surface area contributed by atoms with E-state index in [0.717, 1.165) is 32.4 Å². The molecule has 0 radical (unpaired) electrons. The van der Waals surface area contributed by atoms with Crippen molar-refractivity contribution in [1.82, 2.24) is 5.32 Å². The molecule has 1 aliphatic heterocycles. The molecule has 1 heterocycles. The predicted molar refractivity (Wildman–Crippen MR) is 44.0 cm³/mol. The summed E-state index contributed by atoms with van der Waals surface area (Å²) in [6, 6.07) is 0. The van der Waals surface area contributed by atoms with Crippen LogP contribution in [0.2, 0.25) is 0 Å². The number of rotatable bonds is 2. The zero-order valence-corrected chi connectivity index (χ0v) is 6.81. The Morgan fingerprint density at radius 2 is 2.36 bits per heavy atom. The maximum Gasteiger partial charge on any atom is 0.220 e. The van der Waals surface area contributed by atoms with E-state index in [1.807, 2.05) is 0 Å². The highest BCUT2D eigenvalue weighted by molar-refractivity contribution is 5.76. The summed E-state index contributed by atoms with van der Waals surface area (Å²) in [5.74, 6) is 0.864. The van der Waals surface area contributed by atoms with Gasteiger partial charge in [-0.2, -0.15) is 0 Å². The minimum Gasteiger partial charge on any atom is -0.356 e. The monoisotopic (exact) mass is 156 g/mol. The zero-order valence-electron chi connectivity index (χ0n) is 6.81. The molecular formula is C8H16N2O. The molecule has 11 heavy (non-hydrogen) atoms. The minimum atomic E-state index is 0.199. The van der Waals surface area contributed by atoms with E-state index < -0.39 is 0 Å². The van der Waals surface area contributed by atoms with E-state index in [1.54, 1.807) is 0 Å². The maximum atomic E-state index is 10.9. The molecule has 0 aromatic heterocycles. The second kappa shape index (κ2) is 4.34. The number of nitrogens with one attached hydrogen (secondary N) is 1. The molecule has 3 heteroatoms. The van der Waals surface area contributed by atoms with Crippen molar-refractivity contribution >= 4 is 5.91 Å². The van der Waals surface area contributed by atoms with Gasteiger partial charge in [-0.05, 0) is 31.7 Å². The summed E-state index contributed by atoms with van der Waals surface area (Å²) in [4.78, 5) is 10.9. The standard InChI is InChI=1S/C8H16N2O/c9-5-3-7-1-2-8(11)10-6-4-7/h7H,1-6,9H2,(H,10,11). The Labute approximate surface area is 67.3 Å². The van der Waals surface area contributed by atoms with Crippen molar-refractivity contribution in [2.45, 2.75) is 25.7 Å².